The van der Waals surface area contributed by atoms with Crippen molar-refractivity contribution in [3.05, 3.63) is 94.7 Å². The van der Waals surface area contributed by atoms with Crippen molar-refractivity contribution in [3.63, 3.8) is 0 Å². The zero-order valence-corrected chi connectivity index (χ0v) is 23.4. The Balaban J connectivity index is 3.04. The highest BCUT2D eigenvalue weighted by molar-refractivity contribution is 5.37. The van der Waals surface area contributed by atoms with Crippen LogP contribution >= 0.6 is 0 Å². The Morgan fingerprint density at radius 1 is 1.09 bits per heavy atom. The average molecular weight is 461 g/mol. The van der Waals surface area contributed by atoms with E-state index in [1.54, 1.807) is 5.57 Å². The van der Waals surface area contributed by atoms with Gasteiger partial charge in [0.05, 0.1) is 0 Å². The molecular weight excluding hydrogens is 408 g/mol. The first-order chi connectivity index (χ1) is 16.3. The van der Waals surface area contributed by atoms with E-state index in [1.165, 1.54) is 47.1 Å². The van der Waals surface area contributed by atoms with Gasteiger partial charge in [-0.25, -0.2) is 0 Å². The van der Waals surface area contributed by atoms with Crippen molar-refractivity contribution in [2.45, 2.75) is 106 Å². The summed E-state index contributed by atoms with van der Waals surface area (Å²) in [7, 11) is 0. The maximum atomic E-state index is 3.94. The average Bonchev–Trinajstić information content (AvgIpc) is 2.80. The Bertz CT molecular complexity index is 827. The normalized spacial score (nSPS) is 17.3. The maximum absolute atomic E-state index is 3.94. The van der Waals surface area contributed by atoms with E-state index < -0.39 is 0 Å². The van der Waals surface area contributed by atoms with E-state index in [-0.39, 0.29) is 0 Å². The second-order valence-electron chi connectivity index (χ2n) is 10.3. The summed E-state index contributed by atoms with van der Waals surface area (Å²) in [5.74, 6) is 1.01. The van der Waals surface area contributed by atoms with Crippen LogP contribution in [-0.2, 0) is 0 Å². The molecule has 1 rings (SSSR count). The van der Waals surface area contributed by atoms with E-state index >= 15 is 0 Å². The van der Waals surface area contributed by atoms with E-state index in [2.05, 4.69) is 110 Å². The SMILES string of the molecule is C=CCCC(C)/C(=C/C)C(/C=C/C(C)=CCC/C(C)=C/CCC)CC1=CCCC(C=C(C)C)=C1. The van der Waals surface area contributed by atoms with Gasteiger partial charge in [-0.05, 0) is 97.5 Å². The highest BCUT2D eigenvalue weighted by Crippen LogP contribution is 2.33. The molecule has 0 saturated carbocycles. The lowest BCUT2D eigenvalue weighted by Gasteiger charge is -2.25. The van der Waals surface area contributed by atoms with Crippen LogP contribution in [0, 0.1) is 11.8 Å². The highest BCUT2D eigenvalue weighted by atomic mass is 14.2. The fourth-order valence-electron chi connectivity index (χ4n) is 4.73. The second-order valence-corrected chi connectivity index (χ2v) is 10.3. The molecule has 0 aliphatic heterocycles. The van der Waals surface area contributed by atoms with Crippen molar-refractivity contribution in [1.29, 1.82) is 0 Å². The van der Waals surface area contributed by atoms with Gasteiger partial charge in [0.25, 0.3) is 0 Å². The van der Waals surface area contributed by atoms with E-state index in [0.29, 0.717) is 11.8 Å². The Hall–Kier alpha value is -2.08. The summed E-state index contributed by atoms with van der Waals surface area (Å²) >= 11 is 0. The van der Waals surface area contributed by atoms with Crippen molar-refractivity contribution >= 4 is 0 Å². The van der Waals surface area contributed by atoms with Crippen molar-refractivity contribution < 1.29 is 0 Å². The molecule has 2 atom stereocenters. The summed E-state index contributed by atoms with van der Waals surface area (Å²) in [5.41, 5.74) is 8.81. The lowest BCUT2D eigenvalue weighted by atomic mass is 9.80. The summed E-state index contributed by atoms with van der Waals surface area (Å²) in [4.78, 5) is 0. The summed E-state index contributed by atoms with van der Waals surface area (Å²) in [6.07, 6.45) is 31.7. The van der Waals surface area contributed by atoms with Crippen molar-refractivity contribution in [1.82, 2.24) is 0 Å². The molecule has 0 nitrogen and oxygen atoms in total. The van der Waals surface area contributed by atoms with Crippen LogP contribution in [0.15, 0.2) is 94.7 Å². The minimum atomic E-state index is 0.438. The van der Waals surface area contributed by atoms with Gasteiger partial charge in [0, 0.05) is 5.92 Å². The zero-order valence-electron chi connectivity index (χ0n) is 23.4. The number of unbranched alkanes of at least 4 members (excludes halogenated alkanes) is 1. The zero-order chi connectivity index (χ0) is 25.3. The molecule has 0 N–H and O–H groups in total. The van der Waals surface area contributed by atoms with E-state index in [9.17, 15) is 0 Å². The molecule has 0 radical (unpaired) electrons. The number of rotatable bonds is 15. The van der Waals surface area contributed by atoms with Gasteiger partial charge in [-0.2, -0.15) is 0 Å². The van der Waals surface area contributed by atoms with Crippen LogP contribution in [0.1, 0.15) is 106 Å². The molecule has 0 aromatic rings. The number of hydrogen-bond acceptors (Lipinski definition) is 0. The molecule has 0 saturated heterocycles. The van der Waals surface area contributed by atoms with E-state index in [1.807, 2.05) is 0 Å². The molecule has 2 unspecified atom stereocenters. The van der Waals surface area contributed by atoms with Gasteiger partial charge in [-0.1, -0.05) is 103 Å². The third kappa shape index (κ3) is 12.4. The molecule has 1 aliphatic carbocycles. The van der Waals surface area contributed by atoms with Gasteiger partial charge in [0.1, 0.15) is 0 Å². The predicted octanol–water partition coefficient (Wildman–Crippen LogP) is 11.2. The molecule has 0 heteroatoms. The molecule has 188 valence electrons. The molecule has 0 aromatic carbocycles. The molecular formula is C34H52. The molecule has 0 aromatic heterocycles. The Kier molecular flexibility index (Phi) is 15.3. The van der Waals surface area contributed by atoms with Crippen LogP contribution in [0.2, 0.25) is 0 Å². The van der Waals surface area contributed by atoms with Crippen LogP contribution in [0.25, 0.3) is 0 Å². The monoisotopic (exact) mass is 460 g/mol. The lowest BCUT2D eigenvalue weighted by molar-refractivity contribution is 0.549. The Labute approximate surface area is 212 Å². The molecule has 0 heterocycles. The fourth-order valence-corrected chi connectivity index (χ4v) is 4.73. The van der Waals surface area contributed by atoms with Crippen molar-refractivity contribution in [2.75, 3.05) is 0 Å². The molecule has 34 heavy (non-hydrogen) atoms. The summed E-state index contributed by atoms with van der Waals surface area (Å²) in [6, 6.07) is 0. The first kappa shape index (κ1) is 30.0. The summed E-state index contributed by atoms with van der Waals surface area (Å²) in [5, 5.41) is 0. The van der Waals surface area contributed by atoms with Gasteiger partial charge in [0.2, 0.25) is 0 Å². The van der Waals surface area contributed by atoms with Crippen molar-refractivity contribution in [3.8, 4) is 0 Å². The van der Waals surface area contributed by atoms with Gasteiger partial charge < -0.3 is 0 Å². The first-order valence-corrected chi connectivity index (χ1v) is 13.6. The van der Waals surface area contributed by atoms with Gasteiger partial charge in [0.15, 0.2) is 0 Å². The van der Waals surface area contributed by atoms with E-state index in [0.717, 1.165) is 38.5 Å². The minimum absolute atomic E-state index is 0.438. The lowest BCUT2D eigenvalue weighted by Crippen LogP contribution is -2.11. The van der Waals surface area contributed by atoms with Gasteiger partial charge in [-0.15, -0.1) is 6.58 Å². The Morgan fingerprint density at radius 2 is 1.85 bits per heavy atom. The van der Waals surface area contributed by atoms with E-state index in [4.69, 9.17) is 0 Å². The number of hydrogen-bond donors (Lipinski definition) is 0. The standard InChI is InChI=1S/C34H52/c1-9-12-16-28(6)17-14-18-29(7)22-23-33(34(11-3)30(8)19-13-10-2)26-32-21-15-20-31(25-32)24-27(4)5/h10-11,16,18,21-25,30,33H,2,9,12-15,17,19-20,26H2,1,3-8H3/b23-22+,28-16+,29-18?,34-11-. The summed E-state index contributed by atoms with van der Waals surface area (Å²) < 4.78 is 0. The molecule has 0 bridgehead atoms. The predicted molar refractivity (Wildman–Crippen MR) is 156 cm³/mol. The smallest absolute Gasteiger partial charge is 0.00228 e. The van der Waals surface area contributed by atoms with Gasteiger partial charge >= 0.3 is 0 Å². The largest absolute Gasteiger partial charge is 0.103 e. The first-order valence-electron chi connectivity index (χ1n) is 13.6. The molecule has 1 aliphatic rings. The molecule has 0 fully saturated rings. The maximum Gasteiger partial charge on any atom is 0.00228 e. The van der Waals surface area contributed by atoms with Crippen LogP contribution in [0.5, 0.6) is 0 Å². The minimum Gasteiger partial charge on any atom is -0.103 e. The third-order valence-electron chi connectivity index (χ3n) is 6.65. The van der Waals surface area contributed by atoms with Crippen LogP contribution < -0.4 is 0 Å². The second kappa shape index (κ2) is 17.4. The quantitative estimate of drug-likeness (QED) is 0.168. The third-order valence-corrected chi connectivity index (χ3v) is 6.65. The summed E-state index contributed by atoms with van der Waals surface area (Å²) in [6.45, 7) is 19.7. The molecule has 0 amide bonds. The van der Waals surface area contributed by atoms with Crippen LogP contribution in [-0.4, -0.2) is 0 Å². The Morgan fingerprint density at radius 3 is 2.50 bits per heavy atom. The highest BCUT2D eigenvalue weighted by Gasteiger charge is 2.18. The number of allylic oxidation sites excluding steroid dienone is 15. The fraction of sp³-hybridized carbons (Fsp3) is 0.529. The topological polar surface area (TPSA) is 0 Å². The van der Waals surface area contributed by atoms with Crippen molar-refractivity contribution in [2.24, 2.45) is 11.8 Å². The molecule has 0 spiro atoms. The van der Waals surface area contributed by atoms with Gasteiger partial charge in [-0.3, -0.25) is 0 Å². The van der Waals surface area contributed by atoms with Crippen LogP contribution in [0.4, 0.5) is 0 Å². The van der Waals surface area contributed by atoms with Crippen LogP contribution in [0.3, 0.4) is 0 Å².